The lowest BCUT2D eigenvalue weighted by Crippen LogP contribution is -2.29. The average Bonchev–Trinajstić information content (AvgIpc) is 2.80. The van der Waals surface area contributed by atoms with Gasteiger partial charge in [-0.15, -0.1) is 0 Å². The molecule has 3 aromatic rings. The Bertz CT molecular complexity index is 1110. The minimum atomic E-state index is -0.605. The number of benzene rings is 3. The number of nitrogens with one attached hydrogen (secondary N) is 2. The molecule has 0 spiro atoms. The molecule has 0 saturated heterocycles. The molecule has 0 heterocycles. The van der Waals surface area contributed by atoms with E-state index in [4.69, 9.17) is 4.74 Å². The number of hydrogen-bond acceptors (Lipinski definition) is 4. The van der Waals surface area contributed by atoms with E-state index in [2.05, 4.69) is 22.8 Å². The van der Waals surface area contributed by atoms with Gasteiger partial charge in [0.2, 0.25) is 5.91 Å². The fourth-order valence-electron chi connectivity index (χ4n) is 3.12. The van der Waals surface area contributed by atoms with Crippen LogP contribution in [0.4, 0.5) is 4.39 Å². The molecule has 3 aromatic carbocycles. The van der Waals surface area contributed by atoms with Crippen LogP contribution in [0.25, 0.3) is 10.8 Å². The molecule has 0 aliphatic carbocycles. The van der Waals surface area contributed by atoms with Crippen molar-refractivity contribution in [2.24, 2.45) is 5.10 Å². The molecule has 2 amide bonds. The summed E-state index contributed by atoms with van der Waals surface area (Å²) in [5, 5.41) is 8.61. The molecule has 7 heteroatoms. The van der Waals surface area contributed by atoms with Crippen molar-refractivity contribution in [2.45, 2.75) is 26.2 Å². The van der Waals surface area contributed by atoms with Crippen molar-refractivity contribution < 1.29 is 18.7 Å². The van der Waals surface area contributed by atoms with Crippen LogP contribution in [0.3, 0.4) is 0 Å². The zero-order chi connectivity index (χ0) is 22.8. The third kappa shape index (κ3) is 6.14. The second-order valence-electron chi connectivity index (χ2n) is 7.18. The summed E-state index contributed by atoms with van der Waals surface area (Å²) in [4.78, 5) is 24.1. The number of hydrogen-bond donors (Lipinski definition) is 2. The summed E-state index contributed by atoms with van der Waals surface area (Å²) in [7, 11) is 0. The quantitative estimate of drug-likeness (QED) is 0.281. The Morgan fingerprint density at radius 1 is 1.06 bits per heavy atom. The maximum absolute atomic E-state index is 13.6. The van der Waals surface area contributed by atoms with E-state index >= 15 is 0 Å². The molecule has 0 bridgehead atoms. The lowest BCUT2D eigenvalue weighted by Gasteiger charge is -2.11. The van der Waals surface area contributed by atoms with E-state index in [0.29, 0.717) is 12.4 Å². The first-order valence-corrected chi connectivity index (χ1v) is 10.6. The Labute approximate surface area is 186 Å². The van der Waals surface area contributed by atoms with Crippen LogP contribution in [0.5, 0.6) is 5.75 Å². The van der Waals surface area contributed by atoms with Gasteiger partial charge in [0.15, 0.2) is 0 Å². The van der Waals surface area contributed by atoms with Crippen LogP contribution in [0.1, 0.15) is 42.1 Å². The van der Waals surface area contributed by atoms with Gasteiger partial charge < -0.3 is 10.1 Å². The number of fused-ring (bicyclic) bond motifs is 1. The van der Waals surface area contributed by atoms with Crippen LogP contribution in [-0.2, 0) is 4.79 Å². The van der Waals surface area contributed by atoms with E-state index in [1.54, 1.807) is 12.3 Å². The molecule has 0 radical (unpaired) electrons. The normalized spacial score (nSPS) is 10.9. The highest BCUT2D eigenvalue weighted by atomic mass is 19.1. The predicted molar refractivity (Wildman–Crippen MR) is 123 cm³/mol. The van der Waals surface area contributed by atoms with E-state index in [1.807, 2.05) is 36.4 Å². The molecule has 0 atom stereocenters. The van der Waals surface area contributed by atoms with E-state index in [1.165, 1.54) is 18.2 Å². The van der Waals surface area contributed by atoms with Gasteiger partial charge in [0.05, 0.1) is 18.4 Å². The summed E-state index contributed by atoms with van der Waals surface area (Å²) >= 11 is 0. The first-order chi connectivity index (χ1) is 15.6. The largest absolute Gasteiger partial charge is 0.493 e. The van der Waals surface area contributed by atoms with Gasteiger partial charge in [0.25, 0.3) is 5.91 Å². The van der Waals surface area contributed by atoms with Crippen molar-refractivity contribution in [2.75, 3.05) is 13.2 Å². The number of carbonyl (C=O) groups excluding carboxylic acids is 2. The van der Waals surface area contributed by atoms with Crippen molar-refractivity contribution >= 4 is 28.8 Å². The number of nitrogens with zero attached hydrogens (tertiary/aromatic N) is 1. The second kappa shape index (κ2) is 11.6. The molecule has 32 heavy (non-hydrogen) atoms. The fraction of sp³-hybridized carbons (Fsp3) is 0.240. The van der Waals surface area contributed by atoms with E-state index in [9.17, 15) is 14.0 Å². The summed E-state index contributed by atoms with van der Waals surface area (Å²) in [5.41, 5.74) is 3.19. The fourth-order valence-corrected chi connectivity index (χ4v) is 3.12. The van der Waals surface area contributed by atoms with Gasteiger partial charge in [-0.3, -0.25) is 9.59 Å². The Kier molecular flexibility index (Phi) is 8.31. The van der Waals surface area contributed by atoms with Crippen molar-refractivity contribution in [3.63, 3.8) is 0 Å². The summed E-state index contributed by atoms with van der Waals surface area (Å²) in [6.07, 6.45) is 3.55. The Morgan fingerprint density at radius 2 is 1.84 bits per heavy atom. The molecule has 0 aromatic heterocycles. The molecule has 0 aliphatic heterocycles. The second-order valence-corrected chi connectivity index (χ2v) is 7.18. The number of ether oxygens (including phenoxy) is 1. The summed E-state index contributed by atoms with van der Waals surface area (Å²) < 4.78 is 19.5. The zero-order valence-corrected chi connectivity index (χ0v) is 17.9. The number of carbonyl (C=O) groups is 2. The molecule has 0 unspecified atom stereocenters. The van der Waals surface area contributed by atoms with Crippen LogP contribution in [0, 0.1) is 5.82 Å². The number of rotatable bonds is 10. The van der Waals surface area contributed by atoms with E-state index in [0.717, 1.165) is 29.2 Å². The molecule has 6 nitrogen and oxygen atoms in total. The highest BCUT2D eigenvalue weighted by Crippen LogP contribution is 2.27. The first kappa shape index (κ1) is 22.9. The molecular formula is C25H26FN3O3. The van der Waals surface area contributed by atoms with Gasteiger partial charge in [-0.2, -0.15) is 5.10 Å². The highest BCUT2D eigenvalue weighted by Gasteiger charge is 2.11. The van der Waals surface area contributed by atoms with Gasteiger partial charge in [-0.25, -0.2) is 9.82 Å². The van der Waals surface area contributed by atoms with Crippen molar-refractivity contribution in [1.29, 1.82) is 0 Å². The molecule has 0 saturated carbocycles. The third-order valence-corrected chi connectivity index (χ3v) is 4.83. The number of unbranched alkanes of at least 4 members (excludes halogenated alkanes) is 1. The summed E-state index contributed by atoms with van der Waals surface area (Å²) in [6.45, 7) is 2.76. The van der Waals surface area contributed by atoms with Crippen LogP contribution < -0.4 is 15.5 Å². The average molecular weight is 435 g/mol. The molecule has 2 N–H and O–H groups in total. The summed E-state index contributed by atoms with van der Waals surface area (Å²) in [6, 6.07) is 17.4. The number of amides is 2. The highest BCUT2D eigenvalue weighted by molar-refractivity contribution is 6.02. The van der Waals surface area contributed by atoms with E-state index < -0.39 is 11.7 Å². The van der Waals surface area contributed by atoms with Crippen LogP contribution in [0.2, 0.25) is 0 Å². The SMILES string of the molecule is CCCCOc1ccc2ccccc2c1C=NNC(=O)CCNC(=O)c1ccccc1F. The lowest BCUT2D eigenvalue weighted by molar-refractivity contribution is -0.120. The standard InChI is InChI=1S/C25H26FN3O3/c1-2-3-16-32-23-13-12-18-8-4-5-9-19(18)21(23)17-28-29-24(30)14-15-27-25(31)20-10-6-7-11-22(20)26/h4-13,17H,2-3,14-16H2,1H3,(H,27,31)(H,29,30). The topological polar surface area (TPSA) is 79.8 Å². The van der Waals surface area contributed by atoms with Crippen LogP contribution in [0.15, 0.2) is 65.8 Å². The molecule has 3 rings (SSSR count). The van der Waals surface area contributed by atoms with Crippen LogP contribution >= 0.6 is 0 Å². The lowest BCUT2D eigenvalue weighted by atomic mass is 10.0. The Morgan fingerprint density at radius 3 is 2.66 bits per heavy atom. The minimum absolute atomic E-state index is 0.00687. The number of hydrazone groups is 1. The molecular weight excluding hydrogens is 409 g/mol. The van der Waals surface area contributed by atoms with Crippen LogP contribution in [-0.4, -0.2) is 31.2 Å². The maximum atomic E-state index is 13.6. The van der Waals surface area contributed by atoms with Crippen molar-refractivity contribution in [3.05, 3.63) is 77.6 Å². The molecule has 0 fully saturated rings. The first-order valence-electron chi connectivity index (χ1n) is 10.6. The van der Waals surface area contributed by atoms with E-state index in [-0.39, 0.29) is 24.4 Å². The van der Waals surface area contributed by atoms with Gasteiger partial charge in [-0.05, 0) is 35.4 Å². The smallest absolute Gasteiger partial charge is 0.254 e. The van der Waals surface area contributed by atoms with Gasteiger partial charge in [0.1, 0.15) is 11.6 Å². The molecule has 166 valence electrons. The van der Waals surface area contributed by atoms with Crippen molar-refractivity contribution in [1.82, 2.24) is 10.7 Å². The summed E-state index contributed by atoms with van der Waals surface area (Å²) in [5.74, 6) is -0.841. The maximum Gasteiger partial charge on any atom is 0.254 e. The monoisotopic (exact) mass is 435 g/mol. The predicted octanol–water partition coefficient (Wildman–Crippen LogP) is 4.43. The van der Waals surface area contributed by atoms with Crippen molar-refractivity contribution in [3.8, 4) is 5.75 Å². The minimum Gasteiger partial charge on any atom is -0.493 e. The van der Waals surface area contributed by atoms with Gasteiger partial charge in [0, 0.05) is 18.5 Å². The Balaban J connectivity index is 1.58. The molecule has 0 aliphatic rings. The Hall–Kier alpha value is -3.74. The van der Waals surface area contributed by atoms with Gasteiger partial charge in [-0.1, -0.05) is 55.8 Å². The van der Waals surface area contributed by atoms with Gasteiger partial charge >= 0.3 is 0 Å². The zero-order valence-electron chi connectivity index (χ0n) is 17.9. The third-order valence-electron chi connectivity index (χ3n) is 4.83. The number of halogens is 1.